The summed E-state index contributed by atoms with van der Waals surface area (Å²) in [5.41, 5.74) is 2.78. The van der Waals surface area contributed by atoms with Crippen LogP contribution in [0.3, 0.4) is 0 Å². The monoisotopic (exact) mass is 582 g/mol. The average molecular weight is 584 g/mol. The number of hydrogen-bond donors (Lipinski definition) is 0. The lowest BCUT2D eigenvalue weighted by atomic mass is 10.1. The molecule has 6 nitrogen and oxygen atoms in total. The standard InChI is InChI=1S/C30H28Cl2N2O4S/c1-22-13-16-28(38-2)29(17-22)39(36,37)34(25-14-15-26(31)27(32)18-25)21-30(35)33(19-23-9-5-3-6-10-23)20-24-11-7-4-8-12-24/h3-18H,19-21H2,1-2H3. The van der Waals surface area contributed by atoms with Gasteiger partial charge in [-0.05, 0) is 53.9 Å². The largest absolute Gasteiger partial charge is 0.495 e. The Bertz CT molecular complexity index is 1510. The zero-order chi connectivity index (χ0) is 28.0. The van der Waals surface area contributed by atoms with Crippen molar-refractivity contribution in [3.05, 3.63) is 124 Å². The molecular weight excluding hydrogens is 555 g/mol. The van der Waals surface area contributed by atoms with E-state index in [4.69, 9.17) is 27.9 Å². The molecule has 0 N–H and O–H groups in total. The molecule has 1 amide bonds. The van der Waals surface area contributed by atoms with Crippen LogP contribution >= 0.6 is 23.2 Å². The van der Waals surface area contributed by atoms with E-state index in [1.165, 1.54) is 31.4 Å². The van der Waals surface area contributed by atoms with Crippen LogP contribution in [0.4, 0.5) is 5.69 Å². The van der Waals surface area contributed by atoms with Gasteiger partial charge in [0.25, 0.3) is 10.0 Å². The van der Waals surface area contributed by atoms with Crippen molar-refractivity contribution in [3.8, 4) is 5.75 Å². The Morgan fingerprint density at radius 1 is 0.795 bits per heavy atom. The number of nitrogens with zero attached hydrogens (tertiary/aromatic N) is 2. The van der Waals surface area contributed by atoms with E-state index >= 15 is 0 Å². The Morgan fingerprint density at radius 3 is 1.92 bits per heavy atom. The Labute approximate surface area is 239 Å². The predicted molar refractivity (Wildman–Crippen MR) is 156 cm³/mol. The Morgan fingerprint density at radius 2 is 1.38 bits per heavy atom. The van der Waals surface area contributed by atoms with Crippen molar-refractivity contribution < 1.29 is 17.9 Å². The summed E-state index contributed by atoms with van der Waals surface area (Å²) in [6.45, 7) is 1.93. The molecular formula is C30H28Cl2N2O4S. The van der Waals surface area contributed by atoms with Gasteiger partial charge >= 0.3 is 0 Å². The second-order valence-corrected chi connectivity index (χ2v) is 11.6. The summed E-state index contributed by atoms with van der Waals surface area (Å²) < 4.78 is 34.7. The maximum atomic E-state index is 14.1. The third-order valence-corrected chi connectivity index (χ3v) is 8.68. The number of carbonyl (C=O) groups is 1. The zero-order valence-corrected chi connectivity index (χ0v) is 23.9. The maximum Gasteiger partial charge on any atom is 0.268 e. The lowest BCUT2D eigenvalue weighted by molar-refractivity contribution is -0.130. The summed E-state index contributed by atoms with van der Waals surface area (Å²) in [5, 5.41) is 0.440. The van der Waals surface area contributed by atoms with E-state index in [1.54, 1.807) is 24.0 Å². The van der Waals surface area contributed by atoms with Gasteiger partial charge in [0.15, 0.2) is 0 Å². The third-order valence-electron chi connectivity index (χ3n) is 6.14. The fourth-order valence-corrected chi connectivity index (χ4v) is 6.06. The van der Waals surface area contributed by atoms with Gasteiger partial charge in [-0.25, -0.2) is 8.42 Å². The zero-order valence-electron chi connectivity index (χ0n) is 21.6. The minimum absolute atomic E-state index is 0.0541. The first kappa shape index (κ1) is 28.5. The molecule has 0 bridgehead atoms. The van der Waals surface area contributed by atoms with E-state index in [-0.39, 0.29) is 32.3 Å². The summed E-state index contributed by atoms with van der Waals surface area (Å²) in [5.74, 6) is -0.215. The molecule has 0 spiro atoms. The molecule has 4 rings (SSSR count). The van der Waals surface area contributed by atoms with Gasteiger partial charge in [0.1, 0.15) is 17.2 Å². The topological polar surface area (TPSA) is 66.9 Å². The smallest absolute Gasteiger partial charge is 0.268 e. The fourth-order valence-electron chi connectivity index (χ4n) is 4.12. The molecule has 0 saturated heterocycles. The van der Waals surface area contributed by atoms with Crippen molar-refractivity contribution in [2.24, 2.45) is 0 Å². The molecule has 202 valence electrons. The van der Waals surface area contributed by atoms with Crippen molar-refractivity contribution in [2.75, 3.05) is 18.0 Å². The van der Waals surface area contributed by atoms with Crippen LogP contribution in [0, 0.1) is 6.92 Å². The van der Waals surface area contributed by atoms with Crippen LogP contribution < -0.4 is 9.04 Å². The first-order valence-electron chi connectivity index (χ1n) is 12.2. The number of amides is 1. The van der Waals surface area contributed by atoms with Crippen molar-refractivity contribution in [1.82, 2.24) is 4.90 Å². The normalized spacial score (nSPS) is 11.2. The highest BCUT2D eigenvalue weighted by Gasteiger charge is 2.32. The predicted octanol–water partition coefficient (Wildman–Crippen LogP) is 6.73. The third kappa shape index (κ3) is 6.92. The number of carbonyl (C=O) groups excluding carboxylic acids is 1. The van der Waals surface area contributed by atoms with Crippen LogP contribution in [0.2, 0.25) is 10.0 Å². The number of halogens is 2. The molecule has 9 heteroatoms. The number of methoxy groups -OCH3 is 1. The number of aryl methyl sites for hydroxylation is 1. The minimum Gasteiger partial charge on any atom is -0.495 e. The van der Waals surface area contributed by atoms with Crippen molar-refractivity contribution >= 4 is 44.8 Å². The molecule has 0 aliphatic rings. The van der Waals surface area contributed by atoms with Gasteiger partial charge in [0, 0.05) is 13.1 Å². The van der Waals surface area contributed by atoms with E-state index in [2.05, 4.69) is 0 Å². The van der Waals surface area contributed by atoms with Crippen LogP contribution in [0.15, 0.2) is 102 Å². The van der Waals surface area contributed by atoms with Gasteiger partial charge < -0.3 is 9.64 Å². The number of anilines is 1. The summed E-state index contributed by atoms with van der Waals surface area (Å²) in [4.78, 5) is 15.5. The first-order chi connectivity index (χ1) is 18.7. The highest BCUT2D eigenvalue weighted by Crippen LogP contribution is 2.34. The molecule has 0 fully saturated rings. The quantitative estimate of drug-likeness (QED) is 0.208. The summed E-state index contributed by atoms with van der Waals surface area (Å²) in [6.07, 6.45) is 0. The molecule has 0 saturated carbocycles. The lowest BCUT2D eigenvalue weighted by Crippen LogP contribution is -2.42. The number of rotatable bonds is 10. The second kappa shape index (κ2) is 12.6. The molecule has 0 heterocycles. The van der Waals surface area contributed by atoms with E-state index < -0.39 is 16.6 Å². The summed E-state index contributed by atoms with van der Waals surface area (Å²) >= 11 is 12.4. The van der Waals surface area contributed by atoms with E-state index in [1.807, 2.05) is 60.7 Å². The van der Waals surface area contributed by atoms with Crippen molar-refractivity contribution in [1.29, 1.82) is 0 Å². The molecule has 0 aromatic heterocycles. The molecule has 0 aliphatic carbocycles. The highest BCUT2D eigenvalue weighted by molar-refractivity contribution is 7.93. The summed E-state index contributed by atoms with van der Waals surface area (Å²) in [7, 11) is -2.86. The maximum absolute atomic E-state index is 14.1. The Hall–Kier alpha value is -3.52. The Kier molecular flexibility index (Phi) is 9.17. The second-order valence-electron chi connectivity index (χ2n) is 8.99. The van der Waals surface area contributed by atoms with Gasteiger partial charge in [0.05, 0.1) is 22.8 Å². The summed E-state index contributed by atoms with van der Waals surface area (Å²) in [6, 6.07) is 28.5. The number of benzene rings is 4. The van der Waals surface area contributed by atoms with E-state index in [0.717, 1.165) is 21.0 Å². The van der Waals surface area contributed by atoms with E-state index in [9.17, 15) is 13.2 Å². The van der Waals surface area contributed by atoms with Gasteiger partial charge in [-0.15, -0.1) is 0 Å². The van der Waals surface area contributed by atoms with Crippen molar-refractivity contribution in [2.45, 2.75) is 24.9 Å². The molecule has 0 radical (unpaired) electrons. The van der Waals surface area contributed by atoms with Gasteiger partial charge in [0.2, 0.25) is 5.91 Å². The van der Waals surface area contributed by atoms with Crippen LogP contribution in [-0.4, -0.2) is 32.9 Å². The fraction of sp³-hybridized carbons (Fsp3) is 0.167. The van der Waals surface area contributed by atoms with Crippen LogP contribution in [-0.2, 0) is 27.9 Å². The van der Waals surface area contributed by atoms with Gasteiger partial charge in [-0.2, -0.15) is 0 Å². The number of sulfonamides is 1. The minimum atomic E-state index is -4.26. The van der Waals surface area contributed by atoms with Crippen LogP contribution in [0.5, 0.6) is 5.75 Å². The molecule has 4 aromatic carbocycles. The molecule has 4 aromatic rings. The first-order valence-corrected chi connectivity index (χ1v) is 14.4. The molecule has 0 aliphatic heterocycles. The SMILES string of the molecule is COc1ccc(C)cc1S(=O)(=O)N(CC(=O)N(Cc1ccccc1)Cc1ccccc1)c1ccc(Cl)c(Cl)c1. The van der Waals surface area contributed by atoms with Gasteiger partial charge in [-0.3, -0.25) is 9.10 Å². The molecule has 0 atom stereocenters. The van der Waals surface area contributed by atoms with Gasteiger partial charge in [-0.1, -0.05) is 89.9 Å². The number of hydrogen-bond acceptors (Lipinski definition) is 4. The molecule has 0 unspecified atom stereocenters. The van der Waals surface area contributed by atoms with Crippen LogP contribution in [0.25, 0.3) is 0 Å². The molecule has 39 heavy (non-hydrogen) atoms. The lowest BCUT2D eigenvalue weighted by Gasteiger charge is -2.29. The highest BCUT2D eigenvalue weighted by atomic mass is 35.5. The number of ether oxygens (including phenoxy) is 1. The van der Waals surface area contributed by atoms with E-state index in [0.29, 0.717) is 13.1 Å². The van der Waals surface area contributed by atoms with Crippen molar-refractivity contribution in [3.63, 3.8) is 0 Å². The Balaban J connectivity index is 1.77. The average Bonchev–Trinajstić information content (AvgIpc) is 2.94. The van der Waals surface area contributed by atoms with Crippen LogP contribution in [0.1, 0.15) is 16.7 Å².